The number of pyridine rings is 1. The van der Waals surface area contributed by atoms with Crippen molar-refractivity contribution in [1.29, 1.82) is 0 Å². The Hall–Kier alpha value is -2.83. The first-order valence-electron chi connectivity index (χ1n) is 6.78. The van der Waals surface area contributed by atoms with E-state index >= 15 is 0 Å². The van der Waals surface area contributed by atoms with Crippen LogP contribution in [0.2, 0.25) is 0 Å². The summed E-state index contributed by atoms with van der Waals surface area (Å²) < 4.78 is 10.9. The molecule has 0 fully saturated rings. The summed E-state index contributed by atoms with van der Waals surface area (Å²) in [7, 11) is 0. The van der Waals surface area contributed by atoms with Gasteiger partial charge in [0, 0.05) is 6.20 Å². The number of hydrogen-bond acceptors (Lipinski definition) is 5. The molecule has 0 spiro atoms. The van der Waals surface area contributed by atoms with Gasteiger partial charge in [-0.2, -0.15) is 0 Å². The van der Waals surface area contributed by atoms with Crippen LogP contribution in [-0.4, -0.2) is 22.4 Å². The first-order valence-corrected chi connectivity index (χ1v) is 6.78. The lowest BCUT2D eigenvalue weighted by Crippen LogP contribution is -2.58. The highest BCUT2D eigenvalue weighted by molar-refractivity contribution is 6.14. The van der Waals surface area contributed by atoms with Gasteiger partial charge in [-0.15, -0.1) is 0 Å². The summed E-state index contributed by atoms with van der Waals surface area (Å²) >= 11 is 0. The van der Waals surface area contributed by atoms with Crippen molar-refractivity contribution in [3.05, 3.63) is 42.0 Å². The van der Waals surface area contributed by atoms with Crippen molar-refractivity contribution in [3.8, 4) is 5.75 Å². The molecule has 2 aromatic heterocycles. The number of anilines is 1. The highest BCUT2D eigenvalue weighted by Crippen LogP contribution is 2.31. The molecule has 0 unspecified atom stereocenters. The topological polar surface area (TPSA) is 93.5 Å². The molecular formula is C15H15N3O4. The van der Waals surface area contributed by atoms with Crippen molar-refractivity contribution in [1.82, 2.24) is 10.3 Å². The molecular weight excluding hydrogens is 286 g/mol. The molecule has 0 saturated carbocycles. The third-order valence-electron chi connectivity index (χ3n) is 3.40. The van der Waals surface area contributed by atoms with Gasteiger partial charge in [-0.05, 0) is 38.1 Å². The van der Waals surface area contributed by atoms with E-state index in [2.05, 4.69) is 15.6 Å². The van der Waals surface area contributed by atoms with Crippen LogP contribution in [0.3, 0.4) is 0 Å². The van der Waals surface area contributed by atoms with Crippen molar-refractivity contribution in [2.45, 2.75) is 26.0 Å². The van der Waals surface area contributed by atoms with Gasteiger partial charge in [-0.3, -0.25) is 9.59 Å². The molecule has 2 N–H and O–H groups in total. The summed E-state index contributed by atoms with van der Waals surface area (Å²) in [5.41, 5.74) is -1.66. The molecule has 2 aromatic rings. The molecule has 114 valence electrons. The average Bonchev–Trinajstić information content (AvgIpc) is 2.91. The Balaban J connectivity index is 1.75. The van der Waals surface area contributed by atoms with E-state index in [-0.39, 0.29) is 6.54 Å². The first kappa shape index (κ1) is 14.1. The summed E-state index contributed by atoms with van der Waals surface area (Å²) in [5.74, 6) is 0.906. The lowest BCUT2D eigenvalue weighted by molar-refractivity contribution is -0.146. The normalized spacial score (nSPS) is 19.8. The number of nitrogens with one attached hydrogen (secondary N) is 2. The van der Waals surface area contributed by atoms with E-state index in [0.717, 1.165) is 5.76 Å². The van der Waals surface area contributed by atoms with Crippen molar-refractivity contribution in [2.24, 2.45) is 0 Å². The van der Waals surface area contributed by atoms with Gasteiger partial charge >= 0.3 is 0 Å². The van der Waals surface area contributed by atoms with Gasteiger partial charge in [-0.25, -0.2) is 4.98 Å². The van der Waals surface area contributed by atoms with E-state index in [0.29, 0.717) is 17.3 Å². The van der Waals surface area contributed by atoms with Crippen LogP contribution in [0.1, 0.15) is 18.4 Å². The fraction of sp³-hybridized carbons (Fsp3) is 0.267. The molecule has 2 amide bonds. The number of fused-ring (bicyclic) bond motifs is 1. The van der Waals surface area contributed by atoms with Crippen LogP contribution in [-0.2, 0) is 16.1 Å². The molecule has 0 saturated heterocycles. The smallest absolute Gasteiger partial charge is 0.279 e. The maximum Gasteiger partial charge on any atom is 0.279 e. The summed E-state index contributed by atoms with van der Waals surface area (Å²) in [6.45, 7) is 3.41. The molecule has 3 heterocycles. The number of carbonyl (C=O) groups excluding carboxylic acids is 2. The van der Waals surface area contributed by atoms with Gasteiger partial charge in [0.1, 0.15) is 11.5 Å². The number of rotatable bonds is 3. The molecule has 0 aliphatic carbocycles. The lowest BCUT2D eigenvalue weighted by atomic mass is 10.0. The fourth-order valence-corrected chi connectivity index (χ4v) is 2.13. The molecule has 0 radical (unpaired) electrons. The molecule has 1 aliphatic rings. The highest BCUT2D eigenvalue weighted by atomic mass is 16.5. The maximum absolute atomic E-state index is 12.4. The van der Waals surface area contributed by atoms with Crippen LogP contribution in [0.4, 0.5) is 5.82 Å². The van der Waals surface area contributed by atoms with Crippen LogP contribution in [0.15, 0.2) is 34.9 Å². The Bertz CT molecular complexity index is 740. The number of carbonyl (C=O) groups is 2. The number of furan rings is 1. The van der Waals surface area contributed by atoms with E-state index < -0.39 is 17.4 Å². The molecule has 7 heteroatoms. The average molecular weight is 301 g/mol. The highest BCUT2D eigenvalue weighted by Gasteiger charge is 2.47. The SMILES string of the molecule is Cc1ccc(CNC(=O)[C@]2(C)Oc3cccnc3NC2=O)o1. The maximum atomic E-state index is 12.4. The van der Waals surface area contributed by atoms with Crippen LogP contribution in [0.25, 0.3) is 0 Å². The van der Waals surface area contributed by atoms with E-state index in [1.165, 1.54) is 13.1 Å². The number of hydrogen-bond donors (Lipinski definition) is 2. The molecule has 0 bridgehead atoms. The third kappa shape index (κ3) is 2.41. The molecule has 1 atom stereocenters. The number of nitrogens with zero attached hydrogens (tertiary/aromatic N) is 1. The van der Waals surface area contributed by atoms with E-state index in [4.69, 9.17) is 9.15 Å². The van der Waals surface area contributed by atoms with Crippen LogP contribution >= 0.6 is 0 Å². The molecule has 7 nitrogen and oxygen atoms in total. The van der Waals surface area contributed by atoms with Crippen LogP contribution in [0, 0.1) is 6.92 Å². The van der Waals surface area contributed by atoms with Gasteiger partial charge in [-0.1, -0.05) is 0 Å². The van der Waals surface area contributed by atoms with Crippen molar-refractivity contribution in [2.75, 3.05) is 5.32 Å². The van der Waals surface area contributed by atoms with E-state index in [9.17, 15) is 9.59 Å². The Morgan fingerprint density at radius 3 is 2.95 bits per heavy atom. The standard InChI is InChI=1S/C15H15N3O4/c1-9-5-6-10(21-9)8-17-13(19)15(2)14(20)18-12-11(22-15)4-3-7-16-12/h3-7H,8H2,1-2H3,(H,17,19)(H,16,18,20)/t15-/m0/s1. The lowest BCUT2D eigenvalue weighted by Gasteiger charge is -2.32. The molecule has 3 rings (SSSR count). The Morgan fingerprint density at radius 2 is 2.23 bits per heavy atom. The van der Waals surface area contributed by atoms with Gasteiger partial charge < -0.3 is 19.8 Å². The van der Waals surface area contributed by atoms with E-state index in [1.54, 1.807) is 24.3 Å². The number of aromatic nitrogens is 1. The monoisotopic (exact) mass is 301 g/mol. The minimum absolute atomic E-state index is 0.179. The summed E-state index contributed by atoms with van der Waals surface area (Å²) in [6.07, 6.45) is 1.53. The Kier molecular flexibility index (Phi) is 3.32. The quantitative estimate of drug-likeness (QED) is 0.836. The van der Waals surface area contributed by atoms with Gasteiger partial charge in [0.25, 0.3) is 17.4 Å². The zero-order chi connectivity index (χ0) is 15.7. The molecule has 22 heavy (non-hydrogen) atoms. The van der Waals surface area contributed by atoms with Crippen molar-refractivity contribution >= 4 is 17.6 Å². The Morgan fingerprint density at radius 1 is 1.41 bits per heavy atom. The van der Waals surface area contributed by atoms with Crippen molar-refractivity contribution in [3.63, 3.8) is 0 Å². The predicted octanol–water partition coefficient (Wildman–Crippen LogP) is 1.39. The first-order chi connectivity index (χ1) is 10.5. The molecule has 1 aliphatic heterocycles. The third-order valence-corrected chi connectivity index (χ3v) is 3.40. The largest absolute Gasteiger partial charge is 0.465 e. The zero-order valence-corrected chi connectivity index (χ0v) is 12.2. The van der Waals surface area contributed by atoms with Gasteiger partial charge in [0.2, 0.25) is 0 Å². The van der Waals surface area contributed by atoms with Crippen molar-refractivity contribution < 1.29 is 18.7 Å². The van der Waals surface area contributed by atoms with E-state index in [1.807, 2.05) is 6.92 Å². The summed E-state index contributed by atoms with van der Waals surface area (Å²) in [6, 6.07) is 6.87. The zero-order valence-electron chi connectivity index (χ0n) is 12.2. The Labute approximate surface area is 126 Å². The summed E-state index contributed by atoms with van der Waals surface area (Å²) in [4.78, 5) is 28.5. The second-order valence-electron chi connectivity index (χ2n) is 5.13. The molecule has 0 aromatic carbocycles. The minimum Gasteiger partial charge on any atom is -0.465 e. The minimum atomic E-state index is -1.66. The van der Waals surface area contributed by atoms with Crippen LogP contribution in [0.5, 0.6) is 5.75 Å². The van der Waals surface area contributed by atoms with Crippen LogP contribution < -0.4 is 15.4 Å². The summed E-state index contributed by atoms with van der Waals surface area (Å²) in [5, 5.41) is 5.22. The predicted molar refractivity (Wildman–Crippen MR) is 77.2 cm³/mol. The number of amides is 2. The van der Waals surface area contributed by atoms with Gasteiger partial charge in [0.15, 0.2) is 11.6 Å². The number of ether oxygens (including phenoxy) is 1. The second kappa shape index (κ2) is 5.18. The van der Waals surface area contributed by atoms with Gasteiger partial charge in [0.05, 0.1) is 6.54 Å². The second-order valence-corrected chi connectivity index (χ2v) is 5.13. The number of aryl methyl sites for hydroxylation is 1. The fourth-order valence-electron chi connectivity index (χ4n) is 2.13.